The van der Waals surface area contributed by atoms with Crippen LogP contribution in [0.2, 0.25) is 0 Å². The number of hydrogen-bond acceptors (Lipinski definition) is 3. The van der Waals surface area contributed by atoms with Gasteiger partial charge in [0.2, 0.25) is 0 Å². The number of nitrogens with zero attached hydrogens (tertiary/aromatic N) is 1. The third-order valence-electron chi connectivity index (χ3n) is 4.53. The minimum atomic E-state index is -2.92. The number of benzene rings is 2. The molecule has 0 amide bonds. The molecule has 5 nitrogen and oxygen atoms in total. The molecule has 0 unspecified atom stereocenters. The summed E-state index contributed by atoms with van der Waals surface area (Å²) in [5.74, 6) is 0.495. The number of anilines is 1. The van der Waals surface area contributed by atoms with Crippen molar-refractivity contribution < 1.29 is 18.3 Å². The lowest BCUT2D eigenvalue weighted by Crippen LogP contribution is -2.24. The van der Waals surface area contributed by atoms with Crippen molar-refractivity contribution in [1.82, 2.24) is 0 Å². The van der Waals surface area contributed by atoms with Crippen LogP contribution >= 0.6 is 0 Å². The molecule has 1 aliphatic rings. The van der Waals surface area contributed by atoms with E-state index in [-0.39, 0.29) is 24.0 Å². The van der Waals surface area contributed by atoms with Gasteiger partial charge < -0.3 is 20.5 Å². The number of fused-ring (bicyclic) bond motifs is 1. The van der Waals surface area contributed by atoms with Crippen LogP contribution in [0.25, 0.3) is 0 Å². The van der Waals surface area contributed by atoms with E-state index in [1.54, 1.807) is 12.1 Å². The van der Waals surface area contributed by atoms with Crippen LogP contribution in [-0.4, -0.2) is 19.7 Å². The summed E-state index contributed by atoms with van der Waals surface area (Å²) in [6.07, 6.45) is 4.49. The van der Waals surface area contributed by atoms with Crippen molar-refractivity contribution in [3.63, 3.8) is 0 Å². The Morgan fingerprint density at radius 3 is 2.78 bits per heavy atom. The second-order valence-electron chi connectivity index (χ2n) is 6.34. The second-order valence-corrected chi connectivity index (χ2v) is 6.34. The number of aryl methyl sites for hydroxylation is 1. The highest BCUT2D eigenvalue weighted by Gasteiger charge is 2.14. The molecule has 0 heterocycles. The van der Waals surface area contributed by atoms with E-state index in [9.17, 15) is 8.78 Å². The summed E-state index contributed by atoms with van der Waals surface area (Å²) in [4.78, 5) is 4.31. The normalized spacial score (nSPS) is 14.0. The third kappa shape index (κ3) is 4.87. The molecule has 0 spiro atoms. The van der Waals surface area contributed by atoms with Gasteiger partial charge in [0.05, 0.1) is 13.7 Å². The fraction of sp³-hybridized carbons (Fsp3) is 0.350. The van der Waals surface area contributed by atoms with Gasteiger partial charge >= 0.3 is 6.61 Å². The summed E-state index contributed by atoms with van der Waals surface area (Å²) < 4.78 is 34.6. The smallest absolute Gasteiger partial charge is 0.387 e. The van der Waals surface area contributed by atoms with Crippen LogP contribution in [0.5, 0.6) is 11.5 Å². The molecule has 0 saturated carbocycles. The Morgan fingerprint density at radius 1 is 1.19 bits per heavy atom. The van der Waals surface area contributed by atoms with E-state index in [2.05, 4.69) is 21.1 Å². The van der Waals surface area contributed by atoms with Crippen molar-refractivity contribution in [1.29, 1.82) is 0 Å². The zero-order valence-corrected chi connectivity index (χ0v) is 15.2. The van der Waals surface area contributed by atoms with Gasteiger partial charge in [-0.05, 0) is 60.6 Å². The number of halogens is 2. The Hall–Kier alpha value is -2.83. The Balaban J connectivity index is 1.71. The van der Waals surface area contributed by atoms with Crippen molar-refractivity contribution in [2.45, 2.75) is 38.8 Å². The van der Waals surface area contributed by atoms with Crippen LogP contribution in [0.15, 0.2) is 41.4 Å². The molecule has 0 atom stereocenters. The van der Waals surface area contributed by atoms with Crippen LogP contribution in [0.1, 0.15) is 29.5 Å². The van der Waals surface area contributed by atoms with Gasteiger partial charge in [-0.2, -0.15) is 8.78 Å². The molecule has 0 saturated heterocycles. The number of nitrogens with two attached hydrogens (primary N) is 1. The molecule has 0 bridgehead atoms. The summed E-state index contributed by atoms with van der Waals surface area (Å²) in [6.45, 7) is -2.69. The molecule has 3 rings (SSSR count). The van der Waals surface area contributed by atoms with Gasteiger partial charge in [0.1, 0.15) is 0 Å². The first-order valence-electron chi connectivity index (χ1n) is 8.86. The monoisotopic (exact) mass is 375 g/mol. The Labute approximate surface area is 157 Å². The van der Waals surface area contributed by atoms with Crippen molar-refractivity contribution in [3.8, 4) is 11.5 Å². The highest BCUT2D eigenvalue weighted by Crippen LogP contribution is 2.30. The molecule has 2 aromatic carbocycles. The van der Waals surface area contributed by atoms with E-state index < -0.39 is 6.61 Å². The molecule has 144 valence electrons. The molecule has 3 N–H and O–H groups in total. The Bertz CT molecular complexity index is 825. The maximum Gasteiger partial charge on any atom is 0.387 e. The molecule has 7 heteroatoms. The van der Waals surface area contributed by atoms with Gasteiger partial charge in [0, 0.05) is 5.69 Å². The number of aliphatic imine (C=N–C) groups is 1. The maximum atomic E-state index is 12.5. The Morgan fingerprint density at radius 2 is 2.00 bits per heavy atom. The Kier molecular flexibility index (Phi) is 6.11. The number of rotatable bonds is 6. The predicted molar refractivity (Wildman–Crippen MR) is 102 cm³/mol. The standard InChI is InChI=1S/C20H23F2N3O2/c1-26-17-10-9-13(11-18(17)27-19(21)22)12-24-20(23)25-16-8-4-6-14-5-2-3-7-15(14)16/h4,6,8-11,19H,2-3,5,7,12H2,1H3,(H3,23,24,25). The molecule has 0 aromatic heterocycles. The fourth-order valence-electron chi connectivity index (χ4n) is 3.26. The van der Waals surface area contributed by atoms with Crippen LogP contribution in [0.4, 0.5) is 14.5 Å². The van der Waals surface area contributed by atoms with Crippen LogP contribution in [0, 0.1) is 0 Å². The maximum absolute atomic E-state index is 12.5. The average Bonchev–Trinajstić information content (AvgIpc) is 2.66. The molecular formula is C20H23F2N3O2. The van der Waals surface area contributed by atoms with Gasteiger partial charge in [0.15, 0.2) is 17.5 Å². The zero-order chi connectivity index (χ0) is 19.2. The summed E-state index contributed by atoms with van der Waals surface area (Å²) in [7, 11) is 1.40. The molecular weight excluding hydrogens is 352 g/mol. The molecule has 0 fully saturated rings. The van der Waals surface area contributed by atoms with E-state index in [0.29, 0.717) is 5.56 Å². The highest BCUT2D eigenvalue weighted by molar-refractivity contribution is 5.93. The lowest BCUT2D eigenvalue weighted by molar-refractivity contribution is -0.0512. The van der Waals surface area contributed by atoms with Crippen molar-refractivity contribution in [2.75, 3.05) is 12.4 Å². The number of alkyl halides is 2. The minimum Gasteiger partial charge on any atom is -0.493 e. The first-order valence-corrected chi connectivity index (χ1v) is 8.86. The van der Waals surface area contributed by atoms with Gasteiger partial charge in [-0.1, -0.05) is 18.2 Å². The van der Waals surface area contributed by atoms with Gasteiger partial charge in [-0.25, -0.2) is 4.99 Å². The first-order chi connectivity index (χ1) is 13.1. The van der Waals surface area contributed by atoms with E-state index in [1.165, 1.54) is 37.1 Å². The van der Waals surface area contributed by atoms with Crippen LogP contribution in [-0.2, 0) is 19.4 Å². The molecule has 0 aliphatic heterocycles. The van der Waals surface area contributed by atoms with Crippen molar-refractivity contribution >= 4 is 11.6 Å². The number of guanidine groups is 1. The lowest BCUT2D eigenvalue weighted by Gasteiger charge is -2.19. The predicted octanol–water partition coefficient (Wildman–Crippen LogP) is 4.10. The zero-order valence-electron chi connectivity index (χ0n) is 15.2. The minimum absolute atomic E-state index is 0.0242. The SMILES string of the molecule is COc1ccc(CN=C(N)Nc2cccc3c2CCCC3)cc1OC(F)F. The van der Waals surface area contributed by atoms with Crippen molar-refractivity contribution in [2.24, 2.45) is 10.7 Å². The molecule has 27 heavy (non-hydrogen) atoms. The highest BCUT2D eigenvalue weighted by atomic mass is 19.3. The summed E-state index contributed by atoms with van der Waals surface area (Å²) in [5, 5.41) is 3.16. The second kappa shape index (κ2) is 8.70. The molecule has 2 aromatic rings. The largest absolute Gasteiger partial charge is 0.493 e. The van der Waals surface area contributed by atoms with Gasteiger partial charge in [-0.15, -0.1) is 0 Å². The summed E-state index contributed by atoms with van der Waals surface area (Å²) >= 11 is 0. The number of hydrogen-bond donors (Lipinski definition) is 2. The van der Waals surface area contributed by atoms with E-state index >= 15 is 0 Å². The number of nitrogens with one attached hydrogen (secondary N) is 1. The fourth-order valence-corrected chi connectivity index (χ4v) is 3.26. The molecule has 0 radical (unpaired) electrons. The number of methoxy groups -OCH3 is 1. The average molecular weight is 375 g/mol. The quantitative estimate of drug-likeness (QED) is 0.589. The van der Waals surface area contributed by atoms with E-state index in [0.717, 1.165) is 18.5 Å². The summed E-state index contributed by atoms with van der Waals surface area (Å²) in [6, 6.07) is 10.9. The third-order valence-corrected chi connectivity index (χ3v) is 4.53. The van der Waals surface area contributed by atoms with Crippen molar-refractivity contribution in [3.05, 3.63) is 53.1 Å². The van der Waals surface area contributed by atoms with E-state index in [1.807, 2.05) is 12.1 Å². The summed E-state index contributed by atoms with van der Waals surface area (Å²) in [5.41, 5.74) is 10.3. The molecule has 1 aliphatic carbocycles. The van der Waals surface area contributed by atoms with E-state index in [4.69, 9.17) is 10.5 Å². The van der Waals surface area contributed by atoms with Gasteiger partial charge in [-0.3, -0.25) is 0 Å². The topological polar surface area (TPSA) is 68.9 Å². The first kappa shape index (κ1) is 18.9. The van der Waals surface area contributed by atoms with Crippen LogP contribution in [0.3, 0.4) is 0 Å². The lowest BCUT2D eigenvalue weighted by atomic mass is 9.90. The van der Waals surface area contributed by atoms with Gasteiger partial charge in [0.25, 0.3) is 0 Å². The number of ether oxygens (including phenoxy) is 2. The van der Waals surface area contributed by atoms with Crippen LogP contribution < -0.4 is 20.5 Å².